The van der Waals surface area contributed by atoms with E-state index in [0.29, 0.717) is 5.56 Å². The summed E-state index contributed by atoms with van der Waals surface area (Å²) < 4.78 is 0. The maximum Gasteiger partial charge on any atom is 0.328 e. The molecule has 13 nitrogen and oxygen atoms in total. The topological polar surface area (TPSA) is 228 Å². The Labute approximate surface area is 176 Å². The molecule has 1 aromatic carbocycles. The summed E-state index contributed by atoms with van der Waals surface area (Å²) in [5.74, 6) is -5.62. The van der Waals surface area contributed by atoms with Crippen LogP contribution in [0.3, 0.4) is 0 Å². The van der Waals surface area contributed by atoms with Gasteiger partial charge in [0.05, 0.1) is 25.6 Å². The summed E-state index contributed by atoms with van der Waals surface area (Å²) in [5.41, 5.74) is 6.41. The smallest absolute Gasteiger partial charge is 0.328 e. The van der Waals surface area contributed by atoms with E-state index in [4.69, 9.17) is 21.1 Å². The number of aliphatic carboxylic acids is 2. The van der Waals surface area contributed by atoms with Gasteiger partial charge in [0.15, 0.2) is 0 Å². The zero-order valence-corrected chi connectivity index (χ0v) is 16.3. The van der Waals surface area contributed by atoms with E-state index in [1.165, 1.54) is 12.1 Å². The van der Waals surface area contributed by atoms with Gasteiger partial charge in [0.2, 0.25) is 17.7 Å². The first kappa shape index (κ1) is 25.3. The molecule has 0 radical (unpaired) electrons. The standard InChI is InChI=1S/C18H24N4O9/c19-11(5-9-1-3-10(24)4-2-9)16(28)22-12(6-15(26)27)17(29)20-7-14(25)21-13(8-23)18(30)31/h1-4,11-13,23-24H,5-8,19H2,(H,20,29)(H,21,25)(H,22,28)(H,26,27)(H,30,31). The molecule has 0 fully saturated rings. The Kier molecular flexibility index (Phi) is 9.88. The number of aromatic hydroxyl groups is 1. The van der Waals surface area contributed by atoms with Crippen molar-refractivity contribution in [1.82, 2.24) is 16.0 Å². The van der Waals surface area contributed by atoms with E-state index < -0.39 is 67.4 Å². The van der Waals surface area contributed by atoms with E-state index in [1.54, 1.807) is 12.1 Å². The highest BCUT2D eigenvalue weighted by atomic mass is 16.4. The summed E-state index contributed by atoms with van der Waals surface area (Å²) in [6.45, 7) is -1.58. The van der Waals surface area contributed by atoms with Crippen LogP contribution in [0.2, 0.25) is 0 Å². The zero-order valence-electron chi connectivity index (χ0n) is 16.3. The van der Waals surface area contributed by atoms with Gasteiger partial charge >= 0.3 is 11.9 Å². The maximum atomic E-state index is 12.3. The first-order valence-corrected chi connectivity index (χ1v) is 8.99. The molecule has 1 rings (SSSR count). The molecule has 0 heterocycles. The molecule has 13 heteroatoms. The average Bonchev–Trinajstić information content (AvgIpc) is 2.70. The molecule has 0 bridgehead atoms. The van der Waals surface area contributed by atoms with Crippen molar-refractivity contribution in [3.63, 3.8) is 0 Å². The molecule has 9 N–H and O–H groups in total. The fourth-order valence-corrected chi connectivity index (χ4v) is 2.36. The quantitative estimate of drug-likeness (QED) is 0.163. The predicted molar refractivity (Wildman–Crippen MR) is 104 cm³/mol. The van der Waals surface area contributed by atoms with Crippen molar-refractivity contribution in [2.24, 2.45) is 5.73 Å². The molecule has 3 unspecified atom stereocenters. The van der Waals surface area contributed by atoms with E-state index in [2.05, 4.69) is 10.6 Å². The third-order valence-corrected chi connectivity index (χ3v) is 3.98. The molecule has 0 saturated heterocycles. The van der Waals surface area contributed by atoms with E-state index in [1.807, 2.05) is 5.32 Å². The van der Waals surface area contributed by atoms with E-state index in [0.717, 1.165) is 0 Å². The number of hydrogen-bond donors (Lipinski definition) is 8. The SMILES string of the molecule is NC(Cc1ccc(O)cc1)C(=O)NC(CC(=O)O)C(=O)NCC(=O)NC(CO)C(=O)O. The Hall–Kier alpha value is -3.71. The van der Waals surface area contributed by atoms with Crippen molar-refractivity contribution < 1.29 is 44.4 Å². The fraction of sp³-hybridized carbons (Fsp3) is 0.389. The molecule has 3 amide bonds. The largest absolute Gasteiger partial charge is 0.508 e. The number of carboxylic acids is 2. The van der Waals surface area contributed by atoms with Gasteiger partial charge in [0, 0.05) is 0 Å². The Balaban J connectivity index is 2.67. The van der Waals surface area contributed by atoms with Crippen LogP contribution in [0.1, 0.15) is 12.0 Å². The lowest BCUT2D eigenvalue weighted by atomic mass is 10.0. The second-order valence-electron chi connectivity index (χ2n) is 6.49. The van der Waals surface area contributed by atoms with Gasteiger partial charge in [0.25, 0.3) is 0 Å². The number of aliphatic hydroxyl groups is 1. The van der Waals surface area contributed by atoms with E-state index in [9.17, 15) is 29.1 Å². The monoisotopic (exact) mass is 440 g/mol. The van der Waals surface area contributed by atoms with Crippen LogP contribution in [0.15, 0.2) is 24.3 Å². The zero-order chi connectivity index (χ0) is 23.6. The number of phenolic OH excluding ortho intramolecular Hbond substituents is 1. The van der Waals surface area contributed by atoms with Gasteiger partial charge in [0.1, 0.15) is 17.8 Å². The molecule has 170 valence electrons. The van der Waals surface area contributed by atoms with Crippen molar-refractivity contribution >= 4 is 29.7 Å². The van der Waals surface area contributed by atoms with Gasteiger partial charge in [-0.2, -0.15) is 0 Å². The highest BCUT2D eigenvalue weighted by Crippen LogP contribution is 2.11. The third kappa shape index (κ3) is 9.10. The molecule has 0 spiro atoms. The van der Waals surface area contributed by atoms with Crippen molar-refractivity contribution in [3.8, 4) is 5.75 Å². The minimum Gasteiger partial charge on any atom is -0.508 e. The molecule has 3 atom stereocenters. The molecule has 0 saturated carbocycles. The highest BCUT2D eigenvalue weighted by molar-refractivity contribution is 5.94. The van der Waals surface area contributed by atoms with Crippen LogP contribution in [-0.4, -0.2) is 81.4 Å². The highest BCUT2D eigenvalue weighted by Gasteiger charge is 2.27. The third-order valence-electron chi connectivity index (χ3n) is 3.98. The number of carbonyl (C=O) groups excluding carboxylic acids is 3. The van der Waals surface area contributed by atoms with Crippen LogP contribution in [0.5, 0.6) is 5.75 Å². The van der Waals surface area contributed by atoms with Crippen molar-refractivity contribution in [3.05, 3.63) is 29.8 Å². The van der Waals surface area contributed by atoms with Gasteiger partial charge in [-0.1, -0.05) is 12.1 Å². The van der Waals surface area contributed by atoms with Gasteiger partial charge in [-0.15, -0.1) is 0 Å². The fourth-order valence-electron chi connectivity index (χ4n) is 2.36. The second-order valence-corrected chi connectivity index (χ2v) is 6.49. The number of hydrogen-bond acceptors (Lipinski definition) is 8. The number of carbonyl (C=O) groups is 5. The van der Waals surface area contributed by atoms with Gasteiger partial charge < -0.3 is 42.1 Å². The Morgan fingerprint density at radius 2 is 1.55 bits per heavy atom. The van der Waals surface area contributed by atoms with Gasteiger partial charge in [-0.25, -0.2) is 4.79 Å². The Bertz CT molecular complexity index is 813. The molecular weight excluding hydrogens is 416 g/mol. The number of nitrogens with one attached hydrogen (secondary N) is 3. The minimum atomic E-state index is -1.57. The molecule has 0 aliphatic heterocycles. The molecular formula is C18H24N4O9. The summed E-state index contributed by atoms with van der Waals surface area (Å²) in [4.78, 5) is 58.0. The molecule has 0 aliphatic carbocycles. The number of aliphatic hydroxyl groups excluding tert-OH is 1. The summed E-state index contributed by atoms with van der Waals surface area (Å²) in [6.07, 6.45) is -0.743. The van der Waals surface area contributed by atoms with Crippen LogP contribution in [-0.2, 0) is 30.4 Å². The Morgan fingerprint density at radius 1 is 0.935 bits per heavy atom. The van der Waals surface area contributed by atoms with Crippen LogP contribution >= 0.6 is 0 Å². The van der Waals surface area contributed by atoms with Crippen LogP contribution in [0, 0.1) is 0 Å². The van der Waals surface area contributed by atoms with Gasteiger partial charge in [-0.05, 0) is 24.1 Å². The summed E-state index contributed by atoms with van der Waals surface area (Å²) in [5, 5.41) is 42.1. The lowest BCUT2D eigenvalue weighted by molar-refractivity contribution is -0.143. The number of nitrogens with two attached hydrogens (primary N) is 1. The summed E-state index contributed by atoms with van der Waals surface area (Å²) in [6, 6.07) is 1.64. The molecule has 1 aromatic rings. The Morgan fingerprint density at radius 3 is 2.06 bits per heavy atom. The van der Waals surface area contributed by atoms with Crippen LogP contribution < -0.4 is 21.7 Å². The summed E-state index contributed by atoms with van der Waals surface area (Å²) in [7, 11) is 0. The van der Waals surface area contributed by atoms with Crippen molar-refractivity contribution in [2.45, 2.75) is 31.0 Å². The number of phenols is 1. The van der Waals surface area contributed by atoms with E-state index in [-0.39, 0.29) is 12.2 Å². The molecule has 0 aliphatic rings. The van der Waals surface area contributed by atoms with Crippen molar-refractivity contribution in [2.75, 3.05) is 13.2 Å². The van der Waals surface area contributed by atoms with E-state index >= 15 is 0 Å². The first-order chi connectivity index (χ1) is 14.5. The lowest BCUT2D eigenvalue weighted by Gasteiger charge is -2.20. The number of benzene rings is 1. The maximum absolute atomic E-state index is 12.3. The lowest BCUT2D eigenvalue weighted by Crippen LogP contribution is -2.54. The molecule has 31 heavy (non-hydrogen) atoms. The number of rotatable bonds is 12. The predicted octanol–water partition coefficient (Wildman–Crippen LogP) is -3.10. The summed E-state index contributed by atoms with van der Waals surface area (Å²) >= 11 is 0. The van der Waals surface area contributed by atoms with Crippen molar-refractivity contribution in [1.29, 1.82) is 0 Å². The number of amides is 3. The average molecular weight is 440 g/mol. The first-order valence-electron chi connectivity index (χ1n) is 8.99. The minimum absolute atomic E-state index is 0.0256. The number of carboxylic acid groups (broad SMARTS) is 2. The molecule has 0 aromatic heterocycles. The van der Waals surface area contributed by atoms with Crippen LogP contribution in [0.25, 0.3) is 0 Å². The normalized spacial score (nSPS) is 13.4. The van der Waals surface area contributed by atoms with Gasteiger partial charge in [-0.3, -0.25) is 19.2 Å². The second kappa shape index (κ2) is 12.1. The van der Waals surface area contributed by atoms with Crippen LogP contribution in [0.4, 0.5) is 0 Å².